The van der Waals surface area contributed by atoms with Gasteiger partial charge in [-0.2, -0.15) is 0 Å². The minimum atomic E-state index is 0.226. The molecule has 0 aliphatic carbocycles. The van der Waals surface area contributed by atoms with E-state index in [4.69, 9.17) is 9.26 Å². The molecule has 1 aromatic heterocycles. The molecule has 0 radical (unpaired) electrons. The average Bonchev–Trinajstić information content (AvgIpc) is 2.95. The van der Waals surface area contributed by atoms with E-state index in [9.17, 15) is 4.79 Å². The molecule has 7 nitrogen and oxygen atoms in total. The van der Waals surface area contributed by atoms with Crippen molar-refractivity contribution in [2.24, 2.45) is 0 Å². The lowest BCUT2D eigenvalue weighted by atomic mass is 10.2. The maximum absolute atomic E-state index is 12.2. The largest absolute Gasteiger partial charge is 0.378 e. The van der Waals surface area contributed by atoms with Crippen molar-refractivity contribution in [3.8, 4) is 0 Å². The van der Waals surface area contributed by atoms with Crippen LogP contribution in [0, 0.1) is 6.92 Å². The molecule has 0 aromatic carbocycles. The standard InChI is InChI=1S/C15H24N4O3/c1-13-10-14(16-22-13)11-17-2-4-18(5-3-17)12-15(20)19-6-8-21-9-7-19/h10H,2-9,11-12H2,1H3. The van der Waals surface area contributed by atoms with Gasteiger partial charge in [0.15, 0.2) is 0 Å². The van der Waals surface area contributed by atoms with Crippen molar-refractivity contribution in [2.75, 3.05) is 59.0 Å². The summed E-state index contributed by atoms with van der Waals surface area (Å²) >= 11 is 0. The number of rotatable bonds is 4. The Labute approximate surface area is 130 Å². The van der Waals surface area contributed by atoms with E-state index < -0.39 is 0 Å². The second-order valence-corrected chi connectivity index (χ2v) is 5.97. The molecular formula is C15H24N4O3. The van der Waals surface area contributed by atoms with E-state index in [-0.39, 0.29) is 5.91 Å². The van der Waals surface area contributed by atoms with Gasteiger partial charge in [0.1, 0.15) is 5.76 Å². The number of ether oxygens (including phenoxy) is 1. The Hall–Kier alpha value is -1.44. The molecule has 2 aliphatic rings. The van der Waals surface area contributed by atoms with Crippen molar-refractivity contribution in [2.45, 2.75) is 13.5 Å². The minimum absolute atomic E-state index is 0.226. The molecule has 3 rings (SSSR count). The van der Waals surface area contributed by atoms with Gasteiger partial charge in [-0.3, -0.25) is 14.6 Å². The van der Waals surface area contributed by atoms with Crippen molar-refractivity contribution in [1.82, 2.24) is 19.9 Å². The highest BCUT2D eigenvalue weighted by molar-refractivity contribution is 5.78. The van der Waals surface area contributed by atoms with E-state index in [1.54, 1.807) is 0 Å². The number of hydrogen-bond donors (Lipinski definition) is 0. The lowest BCUT2D eigenvalue weighted by Gasteiger charge is -2.35. The summed E-state index contributed by atoms with van der Waals surface area (Å²) in [5.41, 5.74) is 0.982. The van der Waals surface area contributed by atoms with Gasteiger partial charge in [-0.25, -0.2) is 0 Å². The Morgan fingerprint density at radius 3 is 2.45 bits per heavy atom. The number of nitrogens with zero attached hydrogens (tertiary/aromatic N) is 4. The lowest BCUT2D eigenvalue weighted by molar-refractivity contribution is -0.136. The molecule has 7 heteroatoms. The van der Waals surface area contributed by atoms with Crippen molar-refractivity contribution >= 4 is 5.91 Å². The van der Waals surface area contributed by atoms with Crippen LogP contribution in [0.5, 0.6) is 0 Å². The number of hydrogen-bond acceptors (Lipinski definition) is 6. The monoisotopic (exact) mass is 308 g/mol. The number of piperazine rings is 1. The smallest absolute Gasteiger partial charge is 0.236 e. The third-order valence-corrected chi connectivity index (χ3v) is 4.25. The Balaban J connectivity index is 1.40. The van der Waals surface area contributed by atoms with Crippen LogP contribution in [0.2, 0.25) is 0 Å². The third-order valence-electron chi connectivity index (χ3n) is 4.25. The van der Waals surface area contributed by atoms with Crippen molar-refractivity contribution in [3.05, 3.63) is 17.5 Å². The first-order chi connectivity index (χ1) is 10.7. The topological polar surface area (TPSA) is 62.0 Å². The van der Waals surface area contributed by atoms with Gasteiger partial charge in [-0.1, -0.05) is 5.16 Å². The molecule has 2 saturated heterocycles. The number of aromatic nitrogens is 1. The van der Waals surface area contributed by atoms with Crippen LogP contribution in [0.25, 0.3) is 0 Å². The van der Waals surface area contributed by atoms with Crippen LogP contribution in [0.3, 0.4) is 0 Å². The number of carbonyl (C=O) groups excluding carboxylic acids is 1. The zero-order valence-corrected chi connectivity index (χ0v) is 13.2. The summed E-state index contributed by atoms with van der Waals surface area (Å²) in [7, 11) is 0. The van der Waals surface area contributed by atoms with Gasteiger partial charge in [0.05, 0.1) is 25.5 Å². The molecule has 22 heavy (non-hydrogen) atoms. The Bertz CT molecular complexity index is 491. The van der Waals surface area contributed by atoms with Gasteiger partial charge in [0, 0.05) is 51.9 Å². The van der Waals surface area contributed by atoms with Gasteiger partial charge in [-0.15, -0.1) is 0 Å². The highest BCUT2D eigenvalue weighted by Gasteiger charge is 2.23. The van der Waals surface area contributed by atoms with Crippen LogP contribution >= 0.6 is 0 Å². The summed E-state index contributed by atoms with van der Waals surface area (Å²) in [5.74, 6) is 1.08. The SMILES string of the molecule is Cc1cc(CN2CCN(CC(=O)N3CCOCC3)CC2)no1. The van der Waals surface area contributed by atoms with Crippen LogP contribution in [-0.2, 0) is 16.1 Å². The maximum atomic E-state index is 12.2. The van der Waals surface area contributed by atoms with Crippen molar-refractivity contribution < 1.29 is 14.1 Å². The average molecular weight is 308 g/mol. The normalized spacial score (nSPS) is 21.2. The van der Waals surface area contributed by atoms with Gasteiger partial charge in [-0.05, 0) is 6.92 Å². The zero-order valence-electron chi connectivity index (χ0n) is 13.2. The lowest BCUT2D eigenvalue weighted by Crippen LogP contribution is -2.51. The van der Waals surface area contributed by atoms with E-state index in [1.807, 2.05) is 17.9 Å². The van der Waals surface area contributed by atoms with Crippen LogP contribution < -0.4 is 0 Å². The summed E-state index contributed by atoms with van der Waals surface area (Å²) in [5, 5.41) is 4.04. The van der Waals surface area contributed by atoms with Crippen LogP contribution in [-0.4, -0.2) is 84.8 Å². The summed E-state index contributed by atoms with van der Waals surface area (Å²) in [4.78, 5) is 18.7. The number of aryl methyl sites for hydroxylation is 1. The predicted molar refractivity (Wildman–Crippen MR) is 80.4 cm³/mol. The van der Waals surface area contributed by atoms with Gasteiger partial charge >= 0.3 is 0 Å². The molecule has 1 aromatic rings. The third kappa shape index (κ3) is 4.06. The zero-order chi connectivity index (χ0) is 15.4. The van der Waals surface area contributed by atoms with Gasteiger partial charge < -0.3 is 14.2 Å². The first kappa shape index (κ1) is 15.5. The number of morpholine rings is 1. The summed E-state index contributed by atoms with van der Waals surface area (Å²) in [6.45, 7) is 9.80. The highest BCUT2D eigenvalue weighted by Crippen LogP contribution is 2.09. The van der Waals surface area contributed by atoms with E-state index in [0.717, 1.165) is 57.3 Å². The molecule has 2 aliphatic heterocycles. The number of carbonyl (C=O) groups is 1. The molecule has 0 N–H and O–H groups in total. The second kappa shape index (κ2) is 7.21. The molecule has 3 heterocycles. The van der Waals surface area contributed by atoms with E-state index in [0.29, 0.717) is 19.8 Å². The van der Waals surface area contributed by atoms with E-state index in [1.165, 1.54) is 0 Å². The fraction of sp³-hybridized carbons (Fsp3) is 0.733. The highest BCUT2D eigenvalue weighted by atomic mass is 16.5. The summed E-state index contributed by atoms with van der Waals surface area (Å²) in [6, 6.07) is 1.98. The Kier molecular flexibility index (Phi) is 5.07. The molecule has 0 unspecified atom stereocenters. The van der Waals surface area contributed by atoms with Crippen molar-refractivity contribution in [3.63, 3.8) is 0 Å². The fourth-order valence-corrected chi connectivity index (χ4v) is 2.93. The molecule has 0 bridgehead atoms. The molecule has 0 atom stereocenters. The molecule has 0 saturated carbocycles. The summed E-state index contributed by atoms with van der Waals surface area (Å²) < 4.78 is 10.4. The Morgan fingerprint density at radius 1 is 1.14 bits per heavy atom. The first-order valence-corrected chi connectivity index (χ1v) is 7.93. The molecule has 2 fully saturated rings. The van der Waals surface area contributed by atoms with E-state index >= 15 is 0 Å². The van der Waals surface area contributed by atoms with Crippen LogP contribution in [0.4, 0.5) is 0 Å². The molecular weight excluding hydrogens is 284 g/mol. The number of amides is 1. The first-order valence-electron chi connectivity index (χ1n) is 7.93. The molecule has 122 valence electrons. The molecule has 1 amide bonds. The van der Waals surface area contributed by atoms with Crippen molar-refractivity contribution in [1.29, 1.82) is 0 Å². The molecule has 0 spiro atoms. The van der Waals surface area contributed by atoms with Gasteiger partial charge in [0.25, 0.3) is 0 Å². The van der Waals surface area contributed by atoms with Crippen LogP contribution in [0.15, 0.2) is 10.6 Å². The van der Waals surface area contributed by atoms with Crippen LogP contribution in [0.1, 0.15) is 11.5 Å². The maximum Gasteiger partial charge on any atom is 0.236 e. The summed E-state index contributed by atoms with van der Waals surface area (Å²) in [6.07, 6.45) is 0. The Morgan fingerprint density at radius 2 is 1.82 bits per heavy atom. The van der Waals surface area contributed by atoms with Gasteiger partial charge in [0.2, 0.25) is 5.91 Å². The fourth-order valence-electron chi connectivity index (χ4n) is 2.93. The predicted octanol–water partition coefficient (Wildman–Crippen LogP) is -0.0406. The minimum Gasteiger partial charge on any atom is -0.378 e. The quantitative estimate of drug-likeness (QED) is 0.778. The van der Waals surface area contributed by atoms with E-state index in [2.05, 4.69) is 15.0 Å². The second-order valence-electron chi connectivity index (χ2n) is 5.97.